The fourth-order valence-corrected chi connectivity index (χ4v) is 2.27. The van der Waals surface area contributed by atoms with Gasteiger partial charge in [0.05, 0.1) is 19.1 Å². The number of aliphatic hydroxyl groups excluding tert-OH is 1. The maximum absolute atomic E-state index is 11.9. The zero-order chi connectivity index (χ0) is 14.4. The van der Waals surface area contributed by atoms with Crippen molar-refractivity contribution in [3.63, 3.8) is 0 Å². The Morgan fingerprint density at radius 3 is 3.00 bits per heavy atom. The van der Waals surface area contributed by atoms with Crippen LogP contribution in [0.4, 0.5) is 5.82 Å². The van der Waals surface area contributed by atoms with Gasteiger partial charge < -0.3 is 10.1 Å². The Balaban J connectivity index is 2.19. The van der Waals surface area contributed by atoms with Crippen molar-refractivity contribution >= 4 is 15.8 Å². The van der Waals surface area contributed by atoms with Gasteiger partial charge in [-0.2, -0.15) is 8.42 Å². The molecule has 3 N–H and O–H groups in total. The van der Waals surface area contributed by atoms with Crippen molar-refractivity contribution in [1.82, 2.24) is 15.0 Å². The van der Waals surface area contributed by atoms with Gasteiger partial charge >= 0.3 is 0 Å². The standard InChI is InChI=1S/C12H12N4O3S/c17-6-2-1-3-10-4-5-14-11(7-10)16-20(18,19)12-8-13-9-15-12/h4-5,7-9,17H,2,6H2,(H,13,15)(H,14,16). The molecule has 0 amide bonds. The number of sulfonamides is 1. The highest BCUT2D eigenvalue weighted by Gasteiger charge is 2.16. The van der Waals surface area contributed by atoms with Crippen LogP contribution in [0, 0.1) is 11.8 Å². The summed E-state index contributed by atoms with van der Waals surface area (Å²) in [4.78, 5) is 10.1. The summed E-state index contributed by atoms with van der Waals surface area (Å²) in [5.41, 5.74) is 0.607. The number of nitrogens with one attached hydrogen (secondary N) is 2. The zero-order valence-electron chi connectivity index (χ0n) is 10.4. The third kappa shape index (κ3) is 3.57. The molecule has 0 aliphatic heterocycles. The van der Waals surface area contributed by atoms with Crippen LogP contribution in [-0.4, -0.2) is 35.1 Å². The number of hydrogen-bond acceptors (Lipinski definition) is 5. The van der Waals surface area contributed by atoms with E-state index in [4.69, 9.17) is 5.11 Å². The number of aromatic amines is 1. The molecule has 0 aliphatic rings. The van der Waals surface area contributed by atoms with Crippen molar-refractivity contribution in [2.75, 3.05) is 11.3 Å². The maximum Gasteiger partial charge on any atom is 0.280 e. The van der Waals surface area contributed by atoms with E-state index in [0.29, 0.717) is 12.0 Å². The third-order valence-corrected chi connectivity index (χ3v) is 3.51. The van der Waals surface area contributed by atoms with Crippen molar-refractivity contribution in [3.8, 4) is 11.8 Å². The summed E-state index contributed by atoms with van der Waals surface area (Å²) < 4.78 is 26.2. The molecule has 0 bridgehead atoms. The lowest BCUT2D eigenvalue weighted by Gasteiger charge is -2.05. The topological polar surface area (TPSA) is 108 Å². The number of H-pyrrole nitrogens is 1. The molecule has 2 rings (SSSR count). The minimum Gasteiger partial charge on any atom is -0.395 e. The van der Waals surface area contributed by atoms with Crippen molar-refractivity contribution < 1.29 is 13.5 Å². The van der Waals surface area contributed by atoms with E-state index >= 15 is 0 Å². The molecule has 2 heterocycles. The van der Waals surface area contributed by atoms with E-state index in [1.807, 2.05) is 0 Å². The first-order valence-electron chi connectivity index (χ1n) is 5.69. The Labute approximate surface area is 116 Å². The first-order valence-corrected chi connectivity index (χ1v) is 7.17. The third-order valence-electron chi connectivity index (χ3n) is 2.23. The molecular formula is C12H12N4O3S. The quantitative estimate of drug-likeness (QED) is 0.704. The van der Waals surface area contributed by atoms with Gasteiger partial charge in [0.1, 0.15) is 5.82 Å². The van der Waals surface area contributed by atoms with Crippen LogP contribution in [0.1, 0.15) is 12.0 Å². The smallest absolute Gasteiger partial charge is 0.280 e. The van der Waals surface area contributed by atoms with E-state index in [9.17, 15) is 8.42 Å². The fraction of sp³-hybridized carbons (Fsp3) is 0.167. The van der Waals surface area contributed by atoms with Gasteiger partial charge in [-0.3, -0.25) is 4.72 Å². The van der Waals surface area contributed by atoms with Gasteiger partial charge in [-0.15, -0.1) is 0 Å². The van der Waals surface area contributed by atoms with Crippen LogP contribution in [0.5, 0.6) is 0 Å². The Morgan fingerprint density at radius 2 is 2.30 bits per heavy atom. The summed E-state index contributed by atoms with van der Waals surface area (Å²) in [7, 11) is -3.73. The molecular weight excluding hydrogens is 280 g/mol. The van der Waals surface area contributed by atoms with Crippen LogP contribution >= 0.6 is 0 Å². The van der Waals surface area contributed by atoms with Gasteiger partial charge in [-0.25, -0.2) is 9.97 Å². The first-order chi connectivity index (χ1) is 9.62. The summed E-state index contributed by atoms with van der Waals surface area (Å²) in [6.45, 7) is -0.0165. The highest BCUT2D eigenvalue weighted by atomic mass is 32.2. The van der Waals surface area contributed by atoms with Gasteiger partial charge in [-0.05, 0) is 12.1 Å². The van der Waals surface area contributed by atoms with Crippen molar-refractivity contribution in [1.29, 1.82) is 0 Å². The first kappa shape index (κ1) is 14.0. The van der Waals surface area contributed by atoms with Gasteiger partial charge in [0.25, 0.3) is 10.0 Å². The minimum atomic E-state index is -3.73. The number of hydrogen-bond donors (Lipinski definition) is 3. The van der Waals surface area contributed by atoms with Crippen LogP contribution in [0.2, 0.25) is 0 Å². The van der Waals surface area contributed by atoms with E-state index < -0.39 is 10.0 Å². The molecule has 0 aliphatic carbocycles. The highest BCUT2D eigenvalue weighted by Crippen LogP contribution is 2.12. The fourth-order valence-electron chi connectivity index (χ4n) is 1.37. The zero-order valence-corrected chi connectivity index (χ0v) is 11.2. The lowest BCUT2D eigenvalue weighted by molar-refractivity contribution is 0.305. The summed E-state index contributed by atoms with van der Waals surface area (Å²) in [5.74, 6) is 5.71. The Kier molecular flexibility index (Phi) is 4.34. The van der Waals surface area contributed by atoms with Crippen molar-refractivity contribution in [2.24, 2.45) is 0 Å². The van der Waals surface area contributed by atoms with E-state index in [1.54, 1.807) is 6.07 Å². The number of nitrogens with zero attached hydrogens (tertiary/aromatic N) is 2. The predicted octanol–water partition coefficient (Wildman–Crippen LogP) is 0.339. The molecule has 20 heavy (non-hydrogen) atoms. The largest absolute Gasteiger partial charge is 0.395 e. The number of anilines is 1. The summed E-state index contributed by atoms with van der Waals surface area (Å²) in [6.07, 6.45) is 4.29. The Morgan fingerprint density at radius 1 is 1.45 bits per heavy atom. The molecule has 7 nitrogen and oxygen atoms in total. The second-order valence-electron chi connectivity index (χ2n) is 3.73. The molecule has 8 heteroatoms. The molecule has 104 valence electrons. The molecule has 0 atom stereocenters. The number of imidazole rings is 1. The second kappa shape index (κ2) is 6.18. The number of pyridine rings is 1. The molecule has 2 aromatic heterocycles. The SMILES string of the molecule is O=S(=O)(Nc1cc(C#CCCO)ccn1)c1cnc[nH]1. The Hall–Kier alpha value is -2.37. The lowest BCUT2D eigenvalue weighted by Crippen LogP contribution is -2.14. The highest BCUT2D eigenvalue weighted by molar-refractivity contribution is 7.92. The second-order valence-corrected chi connectivity index (χ2v) is 5.38. The molecule has 2 aromatic rings. The molecule has 0 spiro atoms. The summed E-state index contributed by atoms with van der Waals surface area (Å²) in [5, 5.41) is 8.60. The molecule has 0 aromatic carbocycles. The van der Waals surface area contributed by atoms with Gasteiger partial charge in [-0.1, -0.05) is 11.8 Å². The monoisotopic (exact) mass is 292 g/mol. The molecule has 0 saturated carbocycles. The predicted molar refractivity (Wildman–Crippen MR) is 72.2 cm³/mol. The average molecular weight is 292 g/mol. The van der Waals surface area contributed by atoms with Gasteiger partial charge in [0, 0.05) is 18.2 Å². The molecule has 0 radical (unpaired) electrons. The van der Waals surface area contributed by atoms with Gasteiger partial charge in [0.2, 0.25) is 0 Å². The molecule has 0 saturated heterocycles. The van der Waals surface area contributed by atoms with Gasteiger partial charge in [0.15, 0.2) is 5.03 Å². The van der Waals surface area contributed by atoms with Crippen LogP contribution in [0.25, 0.3) is 0 Å². The van der Waals surface area contributed by atoms with Crippen LogP contribution in [0.3, 0.4) is 0 Å². The molecule has 0 unspecified atom stereocenters. The van der Waals surface area contributed by atoms with Crippen molar-refractivity contribution in [3.05, 3.63) is 36.4 Å². The minimum absolute atomic E-state index is 0.0165. The number of aliphatic hydroxyl groups is 1. The number of rotatable bonds is 4. The van der Waals surface area contributed by atoms with Crippen LogP contribution < -0.4 is 4.72 Å². The van der Waals surface area contributed by atoms with E-state index in [1.165, 1.54) is 24.8 Å². The van der Waals surface area contributed by atoms with E-state index in [2.05, 4.69) is 31.5 Å². The van der Waals surface area contributed by atoms with Crippen molar-refractivity contribution in [2.45, 2.75) is 11.4 Å². The summed E-state index contributed by atoms with van der Waals surface area (Å²) >= 11 is 0. The maximum atomic E-state index is 11.9. The lowest BCUT2D eigenvalue weighted by atomic mass is 10.2. The number of aromatic nitrogens is 3. The van der Waals surface area contributed by atoms with Crippen LogP contribution in [-0.2, 0) is 10.0 Å². The Bertz CT molecular complexity index is 730. The normalized spacial score (nSPS) is 10.7. The van der Waals surface area contributed by atoms with E-state index in [0.717, 1.165) is 0 Å². The van der Waals surface area contributed by atoms with E-state index in [-0.39, 0.29) is 17.5 Å². The van der Waals surface area contributed by atoms with Crippen LogP contribution in [0.15, 0.2) is 35.9 Å². The average Bonchev–Trinajstić information content (AvgIpc) is 2.94. The summed E-state index contributed by atoms with van der Waals surface area (Å²) in [6, 6.07) is 3.16. The molecule has 0 fully saturated rings.